The molecule has 0 fully saturated rings. The second-order valence-electron chi connectivity index (χ2n) is 8.88. The van der Waals surface area contributed by atoms with Crippen molar-refractivity contribution in [1.29, 1.82) is 0 Å². The van der Waals surface area contributed by atoms with Crippen LogP contribution in [-0.2, 0) is 16.8 Å². The molecule has 1 heterocycles. The van der Waals surface area contributed by atoms with Gasteiger partial charge in [-0.25, -0.2) is 19.0 Å². The maximum atomic E-state index is 13.2. The molecular weight excluding hydrogens is 511 g/mol. The summed E-state index contributed by atoms with van der Waals surface area (Å²) in [7, 11) is 0.356. The van der Waals surface area contributed by atoms with Crippen LogP contribution in [0.5, 0.6) is 0 Å². The van der Waals surface area contributed by atoms with Crippen LogP contribution >= 0.6 is 0 Å². The Balaban J connectivity index is 0.000000260. The first-order chi connectivity index (χ1) is 17.9. The van der Waals surface area contributed by atoms with Gasteiger partial charge >= 0.3 is 5.97 Å². The summed E-state index contributed by atoms with van der Waals surface area (Å²) >= 11 is 0. The second-order valence-corrected chi connectivity index (χ2v) is 10.3. The summed E-state index contributed by atoms with van der Waals surface area (Å²) in [5.41, 5.74) is 4.23. The van der Waals surface area contributed by atoms with E-state index in [0.717, 1.165) is 17.7 Å². The van der Waals surface area contributed by atoms with Gasteiger partial charge < -0.3 is 15.3 Å². The number of likely N-dealkylation sites (N-methyl/N-ethyl adjacent to an activating group) is 1. The van der Waals surface area contributed by atoms with Gasteiger partial charge in [0.25, 0.3) is 10.2 Å². The molecule has 3 aromatic carbocycles. The minimum Gasteiger partial charge on any atom is -0.478 e. The van der Waals surface area contributed by atoms with Crippen LogP contribution < -0.4 is 15.2 Å². The molecule has 0 amide bonds. The number of carboxylic acid groups (broad SMARTS) is 1. The molecule has 0 unspecified atom stereocenters. The average molecular weight is 543 g/mol. The number of aromatic nitrogens is 2. The molecule has 0 bridgehead atoms. The predicted molar refractivity (Wildman–Crippen MR) is 146 cm³/mol. The van der Waals surface area contributed by atoms with Crippen molar-refractivity contribution in [2.75, 3.05) is 32.5 Å². The Morgan fingerprint density at radius 3 is 2.34 bits per heavy atom. The molecule has 0 radical (unpaired) electrons. The monoisotopic (exact) mass is 542 g/mol. The van der Waals surface area contributed by atoms with Gasteiger partial charge in [0, 0.05) is 30.7 Å². The van der Waals surface area contributed by atoms with Gasteiger partial charge in [0.1, 0.15) is 5.82 Å². The molecule has 0 aliphatic carbocycles. The highest BCUT2D eigenvalue weighted by atomic mass is 32.2. The molecule has 1 aromatic heterocycles. The molecule has 12 heteroatoms. The SMILES string of the molecule is CN(C)CCNc1cc(C(=O)O)c2cnn(-c3ccc(F)cc3)c2c1.Cc1ccc(CNS(N)(=O)=O)cc1. The van der Waals surface area contributed by atoms with Crippen LogP contribution in [0, 0.1) is 12.7 Å². The van der Waals surface area contributed by atoms with Crippen molar-refractivity contribution in [3.05, 3.63) is 89.4 Å². The number of benzene rings is 3. The number of hydrogen-bond donors (Lipinski definition) is 4. The van der Waals surface area contributed by atoms with E-state index in [1.807, 2.05) is 56.3 Å². The van der Waals surface area contributed by atoms with Crippen LogP contribution in [0.1, 0.15) is 21.5 Å². The third kappa shape index (κ3) is 8.35. The molecule has 5 N–H and O–H groups in total. The van der Waals surface area contributed by atoms with Gasteiger partial charge in [-0.15, -0.1) is 0 Å². The van der Waals surface area contributed by atoms with Gasteiger partial charge in [0.05, 0.1) is 23.0 Å². The Kier molecular flexibility index (Phi) is 9.53. The lowest BCUT2D eigenvalue weighted by Crippen LogP contribution is -2.30. The van der Waals surface area contributed by atoms with Crippen molar-refractivity contribution in [2.45, 2.75) is 13.5 Å². The van der Waals surface area contributed by atoms with E-state index >= 15 is 0 Å². The predicted octanol–water partition coefficient (Wildman–Crippen LogP) is 3.12. The number of rotatable bonds is 9. The molecular formula is C26H31FN6O4S. The lowest BCUT2D eigenvalue weighted by Gasteiger charge is -2.13. The molecule has 202 valence electrons. The van der Waals surface area contributed by atoms with Gasteiger partial charge in [-0.2, -0.15) is 18.2 Å². The molecule has 0 aliphatic rings. The minimum atomic E-state index is -3.58. The summed E-state index contributed by atoms with van der Waals surface area (Å²) in [6.07, 6.45) is 1.52. The fraction of sp³-hybridized carbons (Fsp3) is 0.231. The first kappa shape index (κ1) is 28.7. The van der Waals surface area contributed by atoms with Crippen LogP contribution in [0.3, 0.4) is 0 Å². The smallest absolute Gasteiger partial charge is 0.336 e. The first-order valence-corrected chi connectivity index (χ1v) is 13.2. The maximum Gasteiger partial charge on any atom is 0.336 e. The zero-order valence-electron chi connectivity index (χ0n) is 21.3. The van der Waals surface area contributed by atoms with Gasteiger partial charge in [0.2, 0.25) is 0 Å². The topological polar surface area (TPSA) is 143 Å². The molecule has 0 saturated heterocycles. The number of carbonyl (C=O) groups is 1. The molecule has 10 nitrogen and oxygen atoms in total. The third-order valence-electron chi connectivity index (χ3n) is 5.48. The van der Waals surface area contributed by atoms with Crippen LogP contribution in [0.15, 0.2) is 66.9 Å². The van der Waals surface area contributed by atoms with Gasteiger partial charge in [-0.05, 0) is 63.0 Å². The number of nitrogens with two attached hydrogens (primary N) is 1. The number of halogens is 1. The van der Waals surface area contributed by atoms with Crippen LogP contribution in [0.2, 0.25) is 0 Å². The Morgan fingerprint density at radius 2 is 1.76 bits per heavy atom. The van der Waals surface area contributed by atoms with Crippen molar-refractivity contribution in [1.82, 2.24) is 19.4 Å². The quantitative estimate of drug-likeness (QED) is 0.255. The van der Waals surface area contributed by atoms with Crippen LogP contribution in [0.4, 0.5) is 10.1 Å². The van der Waals surface area contributed by atoms with Gasteiger partial charge in [-0.3, -0.25) is 0 Å². The summed E-state index contributed by atoms with van der Waals surface area (Å²) in [5.74, 6) is -1.35. The Labute approximate surface area is 221 Å². The molecule has 0 aliphatic heterocycles. The molecule has 38 heavy (non-hydrogen) atoms. The number of carboxylic acids is 1. The molecule has 4 aromatic rings. The number of nitrogens with one attached hydrogen (secondary N) is 2. The van der Waals surface area contributed by atoms with E-state index in [-0.39, 0.29) is 17.9 Å². The van der Waals surface area contributed by atoms with Crippen molar-refractivity contribution in [2.24, 2.45) is 5.14 Å². The first-order valence-electron chi connectivity index (χ1n) is 11.7. The van der Waals surface area contributed by atoms with Crippen molar-refractivity contribution in [3.63, 3.8) is 0 Å². The normalized spacial score (nSPS) is 11.3. The fourth-order valence-corrected chi connectivity index (χ4v) is 3.88. The van der Waals surface area contributed by atoms with E-state index in [0.29, 0.717) is 28.8 Å². The second kappa shape index (κ2) is 12.6. The van der Waals surface area contributed by atoms with Crippen LogP contribution in [-0.4, -0.2) is 61.4 Å². The summed E-state index contributed by atoms with van der Waals surface area (Å²) in [6, 6.07) is 16.9. The van der Waals surface area contributed by atoms with Crippen molar-refractivity contribution < 1.29 is 22.7 Å². The summed E-state index contributed by atoms with van der Waals surface area (Å²) < 4.78 is 38.1. The molecule has 0 atom stereocenters. The number of hydrogen-bond acceptors (Lipinski definition) is 6. The molecule has 4 rings (SSSR count). The highest BCUT2D eigenvalue weighted by Crippen LogP contribution is 2.26. The van der Waals surface area contributed by atoms with Gasteiger partial charge in [0.15, 0.2) is 0 Å². The molecule has 0 saturated carbocycles. The number of fused-ring (bicyclic) bond motifs is 1. The Morgan fingerprint density at radius 1 is 1.11 bits per heavy atom. The number of nitrogens with zero attached hydrogens (tertiary/aromatic N) is 3. The molecule has 0 spiro atoms. The number of aryl methyl sites for hydroxylation is 1. The largest absolute Gasteiger partial charge is 0.478 e. The number of anilines is 1. The van der Waals surface area contributed by atoms with Crippen molar-refractivity contribution in [3.8, 4) is 5.69 Å². The highest BCUT2D eigenvalue weighted by molar-refractivity contribution is 7.87. The maximum absolute atomic E-state index is 13.2. The Hall–Kier alpha value is -3.84. The lowest BCUT2D eigenvalue weighted by atomic mass is 10.1. The highest BCUT2D eigenvalue weighted by Gasteiger charge is 2.15. The minimum absolute atomic E-state index is 0.179. The standard InChI is InChI=1S/C18H19FN4O2.C8H12N2O2S/c1-22(2)8-7-20-13-9-15(18(24)25)16-11-21-23(17(16)10-13)14-5-3-12(19)4-6-14;1-7-2-4-8(5-3-7)6-10-13(9,11)12/h3-6,9-11,20H,7-8H2,1-2H3,(H,24,25);2-5,10H,6H2,1H3,(H2,9,11,12). The van der Waals surface area contributed by atoms with Gasteiger partial charge in [-0.1, -0.05) is 29.8 Å². The zero-order valence-corrected chi connectivity index (χ0v) is 22.2. The fourth-order valence-electron chi connectivity index (χ4n) is 3.51. The summed E-state index contributed by atoms with van der Waals surface area (Å²) in [4.78, 5) is 13.7. The van der Waals surface area contributed by atoms with E-state index in [4.69, 9.17) is 5.14 Å². The lowest BCUT2D eigenvalue weighted by molar-refractivity contribution is 0.0699. The third-order valence-corrected chi connectivity index (χ3v) is 6.02. The Bertz CT molecular complexity index is 1490. The van der Waals surface area contributed by atoms with E-state index in [1.165, 1.54) is 18.3 Å². The van der Waals surface area contributed by atoms with E-state index in [1.54, 1.807) is 22.9 Å². The zero-order chi connectivity index (χ0) is 27.9. The van der Waals surface area contributed by atoms with E-state index in [2.05, 4.69) is 15.1 Å². The average Bonchev–Trinajstić information content (AvgIpc) is 3.27. The van der Waals surface area contributed by atoms with E-state index in [9.17, 15) is 22.7 Å². The number of aromatic carboxylic acids is 1. The summed E-state index contributed by atoms with van der Waals surface area (Å²) in [6.45, 7) is 3.70. The van der Waals surface area contributed by atoms with Crippen molar-refractivity contribution >= 4 is 32.8 Å². The summed E-state index contributed by atoms with van der Waals surface area (Å²) in [5, 5.41) is 22.3. The van der Waals surface area contributed by atoms with E-state index < -0.39 is 16.2 Å². The van der Waals surface area contributed by atoms with Crippen LogP contribution in [0.25, 0.3) is 16.6 Å².